The topological polar surface area (TPSA) is 100 Å². The van der Waals surface area contributed by atoms with Gasteiger partial charge >= 0.3 is 5.76 Å². The predicted molar refractivity (Wildman–Crippen MR) is 96.8 cm³/mol. The third-order valence-electron chi connectivity index (χ3n) is 4.33. The second-order valence-electron chi connectivity index (χ2n) is 6.10. The fraction of sp³-hybridized carbons (Fsp3) is 0.222. The Labute approximate surface area is 150 Å². The SMILES string of the molecule is Cc1ccc(C(=O)C(C)N(C)S(=O)(=O)c2ccc3[nH]c(=O)oc3c2)cc1. The molecule has 0 aliphatic rings. The number of fused-ring (bicyclic) bond motifs is 1. The van der Waals surface area contributed by atoms with Gasteiger partial charge in [-0.1, -0.05) is 29.8 Å². The lowest BCUT2D eigenvalue weighted by molar-refractivity contribution is 0.0919. The quantitative estimate of drug-likeness (QED) is 0.691. The van der Waals surface area contributed by atoms with Gasteiger partial charge in [0.15, 0.2) is 11.4 Å². The van der Waals surface area contributed by atoms with Gasteiger partial charge in [-0.2, -0.15) is 4.31 Å². The summed E-state index contributed by atoms with van der Waals surface area (Å²) in [4.78, 5) is 26.2. The number of likely N-dealkylation sites (N-methyl/N-ethyl adjacent to an activating group) is 1. The molecule has 0 bridgehead atoms. The third kappa shape index (κ3) is 3.21. The van der Waals surface area contributed by atoms with E-state index in [2.05, 4.69) is 4.98 Å². The maximum Gasteiger partial charge on any atom is 0.417 e. The van der Waals surface area contributed by atoms with Gasteiger partial charge in [0.25, 0.3) is 0 Å². The highest BCUT2D eigenvalue weighted by Gasteiger charge is 2.30. The Bertz CT molecular complexity index is 1130. The van der Waals surface area contributed by atoms with E-state index in [-0.39, 0.29) is 16.3 Å². The van der Waals surface area contributed by atoms with Crippen LogP contribution in [0.3, 0.4) is 0 Å². The first-order valence-electron chi connectivity index (χ1n) is 7.92. The smallest absolute Gasteiger partial charge is 0.408 e. The Morgan fingerprint density at radius 3 is 2.46 bits per heavy atom. The molecule has 136 valence electrons. The molecule has 3 aromatic rings. The van der Waals surface area contributed by atoms with Crippen molar-refractivity contribution in [3.05, 3.63) is 64.1 Å². The predicted octanol–water partition coefficient (Wildman–Crippen LogP) is 2.32. The minimum Gasteiger partial charge on any atom is -0.408 e. The van der Waals surface area contributed by atoms with Crippen LogP contribution in [0.25, 0.3) is 11.1 Å². The van der Waals surface area contributed by atoms with Gasteiger partial charge in [0, 0.05) is 18.7 Å². The van der Waals surface area contributed by atoms with Crippen LogP contribution >= 0.6 is 0 Å². The Balaban J connectivity index is 1.92. The van der Waals surface area contributed by atoms with Gasteiger partial charge < -0.3 is 4.42 Å². The number of nitrogens with one attached hydrogen (secondary N) is 1. The number of aromatic nitrogens is 1. The first kappa shape index (κ1) is 18.1. The lowest BCUT2D eigenvalue weighted by atomic mass is 10.0. The highest BCUT2D eigenvalue weighted by atomic mass is 32.2. The fourth-order valence-electron chi connectivity index (χ4n) is 2.58. The molecule has 0 aliphatic carbocycles. The summed E-state index contributed by atoms with van der Waals surface area (Å²) in [5, 5.41) is 0. The number of aromatic amines is 1. The average molecular weight is 374 g/mol. The number of aryl methyl sites for hydroxylation is 1. The van der Waals surface area contributed by atoms with Crippen LogP contribution in [0.5, 0.6) is 0 Å². The van der Waals surface area contributed by atoms with E-state index < -0.39 is 21.8 Å². The van der Waals surface area contributed by atoms with E-state index in [0.717, 1.165) is 9.87 Å². The Morgan fingerprint density at radius 2 is 1.81 bits per heavy atom. The van der Waals surface area contributed by atoms with Crippen molar-refractivity contribution >= 4 is 26.9 Å². The molecule has 26 heavy (non-hydrogen) atoms. The lowest BCUT2D eigenvalue weighted by Crippen LogP contribution is -2.40. The monoisotopic (exact) mass is 374 g/mol. The number of benzene rings is 2. The van der Waals surface area contributed by atoms with Crippen LogP contribution in [0.15, 0.2) is 56.6 Å². The number of rotatable bonds is 5. The summed E-state index contributed by atoms with van der Waals surface area (Å²) in [6.45, 7) is 3.44. The first-order valence-corrected chi connectivity index (χ1v) is 9.36. The number of Topliss-reactive ketones (excluding diaryl/α,β-unsaturated/α-hetero) is 1. The highest BCUT2D eigenvalue weighted by Crippen LogP contribution is 2.22. The molecule has 1 atom stereocenters. The van der Waals surface area contributed by atoms with Crippen molar-refractivity contribution in [3.8, 4) is 0 Å². The molecule has 0 amide bonds. The van der Waals surface area contributed by atoms with Gasteiger partial charge in [-0.25, -0.2) is 13.2 Å². The summed E-state index contributed by atoms with van der Waals surface area (Å²) in [5.41, 5.74) is 2.00. The van der Waals surface area contributed by atoms with Crippen molar-refractivity contribution in [2.75, 3.05) is 7.05 Å². The number of sulfonamides is 1. The van der Waals surface area contributed by atoms with Gasteiger partial charge in [-0.15, -0.1) is 0 Å². The minimum absolute atomic E-state index is 0.0567. The highest BCUT2D eigenvalue weighted by molar-refractivity contribution is 7.89. The van der Waals surface area contributed by atoms with Crippen molar-refractivity contribution in [2.45, 2.75) is 24.8 Å². The molecule has 2 aromatic carbocycles. The second-order valence-corrected chi connectivity index (χ2v) is 8.10. The summed E-state index contributed by atoms with van der Waals surface area (Å²) in [7, 11) is -2.59. The van der Waals surface area contributed by atoms with Crippen LogP contribution in [-0.4, -0.2) is 36.6 Å². The maximum absolute atomic E-state index is 12.9. The molecular formula is C18H18N2O5S. The number of hydrogen-bond acceptors (Lipinski definition) is 5. The van der Waals surface area contributed by atoms with Crippen molar-refractivity contribution in [1.29, 1.82) is 0 Å². The van der Waals surface area contributed by atoms with E-state index in [1.54, 1.807) is 24.3 Å². The number of H-pyrrole nitrogens is 1. The normalized spacial score (nSPS) is 13.2. The van der Waals surface area contributed by atoms with Crippen LogP contribution in [0.4, 0.5) is 0 Å². The standard InChI is InChI=1S/C18H18N2O5S/c1-11-4-6-13(7-5-11)17(21)12(2)20(3)26(23,24)14-8-9-15-16(10-14)25-18(22)19-15/h4-10,12H,1-3H3,(H,19,22). The van der Waals surface area contributed by atoms with E-state index in [4.69, 9.17) is 4.42 Å². The molecule has 0 fully saturated rings. The van der Waals surface area contributed by atoms with Gasteiger partial charge in [-0.05, 0) is 26.0 Å². The zero-order chi connectivity index (χ0) is 19.1. The molecule has 0 saturated carbocycles. The summed E-state index contributed by atoms with van der Waals surface area (Å²) < 4.78 is 31.6. The van der Waals surface area contributed by atoms with Gasteiger partial charge in [0.1, 0.15) is 0 Å². The molecule has 7 nitrogen and oxygen atoms in total. The molecule has 0 saturated heterocycles. The summed E-state index contributed by atoms with van der Waals surface area (Å²) >= 11 is 0. The maximum atomic E-state index is 12.9. The molecule has 8 heteroatoms. The van der Waals surface area contributed by atoms with E-state index >= 15 is 0 Å². The number of nitrogens with zero attached hydrogens (tertiary/aromatic N) is 1. The molecule has 1 N–H and O–H groups in total. The zero-order valence-corrected chi connectivity index (χ0v) is 15.3. The Hall–Kier alpha value is -2.71. The number of hydrogen-bond donors (Lipinski definition) is 1. The van der Waals surface area contributed by atoms with E-state index in [9.17, 15) is 18.0 Å². The van der Waals surface area contributed by atoms with Crippen LogP contribution in [0, 0.1) is 6.92 Å². The molecule has 3 rings (SSSR count). The number of carbonyl (C=O) groups excluding carboxylic acids is 1. The van der Waals surface area contributed by atoms with Gasteiger partial charge in [0.2, 0.25) is 10.0 Å². The van der Waals surface area contributed by atoms with Gasteiger partial charge in [-0.3, -0.25) is 9.78 Å². The summed E-state index contributed by atoms with van der Waals surface area (Å²) in [6.07, 6.45) is 0. The largest absolute Gasteiger partial charge is 0.417 e. The Kier molecular flexibility index (Phi) is 4.55. The second kappa shape index (κ2) is 6.54. The Morgan fingerprint density at radius 1 is 1.15 bits per heavy atom. The summed E-state index contributed by atoms with van der Waals surface area (Å²) in [5.74, 6) is -0.962. The minimum atomic E-state index is -3.95. The van der Waals surface area contributed by atoms with Crippen molar-refractivity contribution in [2.24, 2.45) is 0 Å². The van der Waals surface area contributed by atoms with E-state index in [1.807, 2.05) is 6.92 Å². The molecule has 0 spiro atoms. The van der Waals surface area contributed by atoms with E-state index in [0.29, 0.717) is 11.1 Å². The van der Waals surface area contributed by atoms with Crippen molar-refractivity contribution < 1.29 is 17.6 Å². The number of ketones is 1. The summed E-state index contributed by atoms with van der Waals surface area (Å²) in [6, 6.07) is 10.1. The molecule has 0 radical (unpaired) electrons. The first-order chi connectivity index (χ1) is 12.2. The fourth-order valence-corrected chi connectivity index (χ4v) is 3.93. The molecule has 0 aliphatic heterocycles. The molecule has 1 heterocycles. The third-order valence-corrected chi connectivity index (χ3v) is 6.25. The van der Waals surface area contributed by atoms with Crippen LogP contribution < -0.4 is 5.76 Å². The molecular weight excluding hydrogens is 356 g/mol. The van der Waals surface area contributed by atoms with Crippen molar-refractivity contribution in [3.63, 3.8) is 0 Å². The van der Waals surface area contributed by atoms with Crippen molar-refractivity contribution in [1.82, 2.24) is 9.29 Å². The molecule has 1 unspecified atom stereocenters. The number of carbonyl (C=O) groups is 1. The molecule has 1 aromatic heterocycles. The van der Waals surface area contributed by atoms with Gasteiger partial charge in [0.05, 0.1) is 16.5 Å². The van der Waals surface area contributed by atoms with Crippen LogP contribution in [0.1, 0.15) is 22.8 Å². The zero-order valence-electron chi connectivity index (χ0n) is 14.5. The number of oxazole rings is 1. The average Bonchev–Trinajstić information content (AvgIpc) is 2.99. The lowest BCUT2D eigenvalue weighted by Gasteiger charge is -2.23. The van der Waals surface area contributed by atoms with Crippen LogP contribution in [0.2, 0.25) is 0 Å². The van der Waals surface area contributed by atoms with Crippen LogP contribution in [-0.2, 0) is 10.0 Å². The van der Waals surface area contributed by atoms with E-state index in [1.165, 1.54) is 32.2 Å².